The van der Waals surface area contributed by atoms with E-state index in [1.165, 1.54) is 0 Å². The Hall–Kier alpha value is -3.41. The van der Waals surface area contributed by atoms with Gasteiger partial charge in [0.25, 0.3) is 0 Å². The predicted octanol–water partition coefficient (Wildman–Crippen LogP) is 4.46. The number of fused-ring (bicyclic) bond motifs is 3. The fourth-order valence-electron chi connectivity index (χ4n) is 4.33. The maximum atomic E-state index is 13.2. The number of nitrogens with zero attached hydrogens (tertiary/aromatic N) is 1. The summed E-state index contributed by atoms with van der Waals surface area (Å²) < 4.78 is 18.7. The predicted molar refractivity (Wildman–Crippen MR) is 117 cm³/mol. The van der Waals surface area contributed by atoms with Crippen LogP contribution >= 0.6 is 0 Å². The molecule has 6 heteroatoms. The van der Waals surface area contributed by atoms with Crippen LogP contribution in [0.2, 0.25) is 0 Å². The summed E-state index contributed by atoms with van der Waals surface area (Å²) >= 11 is 0. The molecular formula is C24H26N2O4. The van der Waals surface area contributed by atoms with Crippen molar-refractivity contribution in [3.8, 4) is 33.9 Å². The van der Waals surface area contributed by atoms with Crippen LogP contribution in [0.25, 0.3) is 22.4 Å². The number of carbonyl (C=O) groups is 1. The summed E-state index contributed by atoms with van der Waals surface area (Å²) in [5, 5.41) is 0. The smallest absolute Gasteiger partial charge is 0.340 e. The van der Waals surface area contributed by atoms with Gasteiger partial charge in [0.2, 0.25) is 0 Å². The van der Waals surface area contributed by atoms with Gasteiger partial charge >= 0.3 is 5.97 Å². The maximum absolute atomic E-state index is 13.2. The molecule has 0 aliphatic carbocycles. The van der Waals surface area contributed by atoms with Crippen molar-refractivity contribution in [2.75, 3.05) is 26.6 Å². The second-order valence-corrected chi connectivity index (χ2v) is 7.30. The van der Waals surface area contributed by atoms with Gasteiger partial charge in [-0.3, -0.25) is 0 Å². The number of aryl methyl sites for hydroxylation is 1. The van der Waals surface area contributed by atoms with Crippen LogP contribution in [-0.2, 0) is 17.7 Å². The highest BCUT2D eigenvalue weighted by molar-refractivity contribution is 6.05. The molecule has 0 spiro atoms. The van der Waals surface area contributed by atoms with E-state index in [0.717, 1.165) is 46.6 Å². The van der Waals surface area contributed by atoms with Gasteiger partial charge in [-0.2, -0.15) is 0 Å². The van der Waals surface area contributed by atoms with E-state index in [1.54, 1.807) is 14.2 Å². The van der Waals surface area contributed by atoms with Crippen molar-refractivity contribution in [1.82, 2.24) is 4.57 Å². The van der Waals surface area contributed by atoms with E-state index in [2.05, 4.69) is 4.57 Å². The standard InChI is InChI=1S/C24H26N2O4/c1-5-30-24(27)22-21(16-7-6-8-17(25)11-16)14(2)26-10-9-15-12-19(28-3)20(29-4)13-18(15)23(22)26/h6-8,11-13H,5,9-10,25H2,1-4H3. The van der Waals surface area contributed by atoms with Gasteiger partial charge in [0.1, 0.15) is 0 Å². The number of hydrogen-bond donors (Lipinski definition) is 1. The van der Waals surface area contributed by atoms with Crippen LogP contribution in [0, 0.1) is 6.92 Å². The van der Waals surface area contributed by atoms with Crippen LogP contribution in [0.4, 0.5) is 5.69 Å². The fourth-order valence-corrected chi connectivity index (χ4v) is 4.33. The Balaban J connectivity index is 2.05. The van der Waals surface area contributed by atoms with E-state index < -0.39 is 0 Å². The summed E-state index contributed by atoms with van der Waals surface area (Å²) in [7, 11) is 3.24. The minimum Gasteiger partial charge on any atom is -0.493 e. The highest BCUT2D eigenvalue weighted by atomic mass is 16.5. The molecule has 1 aliphatic heterocycles. The molecule has 0 radical (unpaired) electrons. The minimum atomic E-state index is -0.339. The number of benzene rings is 2. The number of esters is 1. The highest BCUT2D eigenvalue weighted by Crippen LogP contribution is 2.45. The van der Waals surface area contributed by atoms with Crippen LogP contribution in [0.3, 0.4) is 0 Å². The Morgan fingerprint density at radius 3 is 2.53 bits per heavy atom. The number of hydrogen-bond acceptors (Lipinski definition) is 5. The molecule has 6 nitrogen and oxygen atoms in total. The molecule has 0 unspecified atom stereocenters. The molecule has 156 valence electrons. The zero-order valence-corrected chi connectivity index (χ0v) is 17.7. The van der Waals surface area contributed by atoms with Crippen molar-refractivity contribution >= 4 is 11.7 Å². The Kier molecular flexibility index (Phi) is 5.16. The molecule has 2 N–H and O–H groups in total. The Labute approximate surface area is 176 Å². The molecule has 0 fully saturated rings. The summed E-state index contributed by atoms with van der Waals surface area (Å²) in [5.41, 5.74) is 13.0. The van der Waals surface area contributed by atoms with Crippen molar-refractivity contribution < 1.29 is 19.0 Å². The third-order valence-corrected chi connectivity index (χ3v) is 5.65. The van der Waals surface area contributed by atoms with E-state index in [0.29, 0.717) is 29.4 Å². The van der Waals surface area contributed by atoms with Crippen molar-refractivity contribution in [2.45, 2.75) is 26.8 Å². The van der Waals surface area contributed by atoms with Gasteiger partial charge in [-0.25, -0.2) is 4.79 Å². The summed E-state index contributed by atoms with van der Waals surface area (Å²) in [6.45, 7) is 4.92. The monoisotopic (exact) mass is 406 g/mol. The molecule has 2 aromatic carbocycles. The topological polar surface area (TPSA) is 75.7 Å². The number of ether oxygens (including phenoxy) is 3. The van der Waals surface area contributed by atoms with E-state index in [-0.39, 0.29) is 5.97 Å². The molecule has 4 rings (SSSR count). The Morgan fingerprint density at radius 1 is 1.13 bits per heavy atom. The van der Waals surface area contributed by atoms with Gasteiger partial charge in [-0.15, -0.1) is 0 Å². The third kappa shape index (κ3) is 3.09. The SMILES string of the molecule is CCOC(=O)c1c(-c2cccc(N)c2)c(C)n2c1-c1cc(OC)c(OC)cc1CC2. The molecule has 1 aliphatic rings. The Morgan fingerprint density at radius 2 is 1.87 bits per heavy atom. The highest BCUT2D eigenvalue weighted by Gasteiger charge is 2.32. The molecule has 30 heavy (non-hydrogen) atoms. The van der Waals surface area contributed by atoms with Crippen molar-refractivity contribution in [2.24, 2.45) is 0 Å². The third-order valence-electron chi connectivity index (χ3n) is 5.65. The fraction of sp³-hybridized carbons (Fsp3) is 0.292. The first kappa shape index (κ1) is 19.9. The average Bonchev–Trinajstić information content (AvgIpc) is 3.05. The van der Waals surface area contributed by atoms with E-state index in [9.17, 15) is 4.79 Å². The van der Waals surface area contributed by atoms with Crippen molar-refractivity contribution in [3.05, 3.63) is 53.2 Å². The van der Waals surface area contributed by atoms with Crippen LogP contribution in [0.5, 0.6) is 11.5 Å². The number of rotatable bonds is 5. The molecule has 0 amide bonds. The van der Waals surface area contributed by atoms with Gasteiger partial charge in [0, 0.05) is 29.1 Å². The number of anilines is 1. The maximum Gasteiger partial charge on any atom is 0.340 e. The number of nitrogens with two attached hydrogens (primary N) is 1. The van der Waals surface area contributed by atoms with Gasteiger partial charge in [0.15, 0.2) is 11.5 Å². The molecule has 0 bridgehead atoms. The number of aromatic nitrogens is 1. The quantitative estimate of drug-likeness (QED) is 0.500. The summed E-state index contributed by atoms with van der Waals surface area (Å²) in [4.78, 5) is 13.2. The summed E-state index contributed by atoms with van der Waals surface area (Å²) in [6.07, 6.45) is 0.830. The second kappa shape index (κ2) is 7.78. The lowest BCUT2D eigenvalue weighted by atomic mass is 9.93. The summed E-state index contributed by atoms with van der Waals surface area (Å²) in [5.74, 6) is 0.972. The van der Waals surface area contributed by atoms with Crippen LogP contribution in [-0.4, -0.2) is 31.4 Å². The molecule has 3 aromatic rings. The first-order valence-electron chi connectivity index (χ1n) is 10.0. The lowest BCUT2D eigenvalue weighted by Crippen LogP contribution is -2.15. The first-order chi connectivity index (χ1) is 14.5. The molecule has 0 saturated heterocycles. The zero-order valence-electron chi connectivity index (χ0n) is 17.7. The van der Waals surface area contributed by atoms with Gasteiger partial charge in [-0.1, -0.05) is 12.1 Å². The average molecular weight is 406 g/mol. The zero-order chi connectivity index (χ0) is 21.4. The van der Waals surface area contributed by atoms with E-state index in [4.69, 9.17) is 19.9 Å². The number of carbonyl (C=O) groups excluding carboxylic acids is 1. The summed E-state index contributed by atoms with van der Waals surface area (Å²) in [6, 6.07) is 11.6. The normalized spacial score (nSPS) is 12.1. The van der Waals surface area contributed by atoms with Crippen LogP contribution < -0.4 is 15.2 Å². The van der Waals surface area contributed by atoms with Crippen molar-refractivity contribution in [1.29, 1.82) is 0 Å². The van der Waals surface area contributed by atoms with Gasteiger partial charge in [0.05, 0.1) is 32.1 Å². The first-order valence-corrected chi connectivity index (χ1v) is 10.0. The Bertz CT molecular complexity index is 1130. The molecule has 0 atom stereocenters. The number of methoxy groups -OCH3 is 2. The lowest BCUT2D eigenvalue weighted by molar-refractivity contribution is 0.0528. The largest absolute Gasteiger partial charge is 0.493 e. The van der Waals surface area contributed by atoms with E-state index >= 15 is 0 Å². The molecule has 2 heterocycles. The van der Waals surface area contributed by atoms with Crippen LogP contribution in [0.1, 0.15) is 28.5 Å². The minimum absolute atomic E-state index is 0.303. The van der Waals surface area contributed by atoms with Gasteiger partial charge < -0.3 is 24.5 Å². The molecular weight excluding hydrogens is 380 g/mol. The number of nitrogen functional groups attached to an aromatic ring is 1. The lowest BCUT2D eigenvalue weighted by Gasteiger charge is -2.23. The molecule has 0 saturated carbocycles. The van der Waals surface area contributed by atoms with Crippen molar-refractivity contribution in [3.63, 3.8) is 0 Å². The van der Waals surface area contributed by atoms with Crippen LogP contribution in [0.15, 0.2) is 36.4 Å². The van der Waals surface area contributed by atoms with E-state index in [1.807, 2.05) is 50.2 Å². The second-order valence-electron chi connectivity index (χ2n) is 7.30. The molecule has 1 aromatic heterocycles. The van der Waals surface area contributed by atoms with Gasteiger partial charge in [-0.05, 0) is 55.7 Å².